The summed E-state index contributed by atoms with van der Waals surface area (Å²) in [6.07, 6.45) is 36.4. The molecule has 0 saturated carbocycles. The molecule has 0 aliphatic heterocycles. The number of aliphatic carboxylic acids is 2. The third-order valence-electron chi connectivity index (χ3n) is 10.4. The molecule has 0 rings (SSSR count). The van der Waals surface area contributed by atoms with Crippen LogP contribution in [0.4, 0.5) is 0 Å². The first-order valence-electron chi connectivity index (χ1n) is 20.5. The zero-order valence-corrected chi connectivity index (χ0v) is 34.2. The summed E-state index contributed by atoms with van der Waals surface area (Å²) in [5, 5.41) is 21.8. The molecule has 0 spiro atoms. The predicted octanol–water partition coefficient (Wildman–Crippen LogP) is 4.04. The van der Waals surface area contributed by atoms with Crippen molar-refractivity contribution in [2.45, 2.75) is 237 Å². The van der Waals surface area contributed by atoms with E-state index in [0.29, 0.717) is 25.7 Å². The Morgan fingerprint density at radius 2 is 0.660 bits per heavy atom. The van der Waals surface area contributed by atoms with E-state index in [1.807, 2.05) is 0 Å². The maximum Gasteiger partial charge on any atom is 1.00 e. The Morgan fingerprint density at radius 3 is 0.820 bits per heavy atom. The van der Waals surface area contributed by atoms with Crippen LogP contribution in [0.5, 0.6) is 0 Å². The number of hydrogen-bond donors (Lipinski definition) is 1. The van der Waals surface area contributed by atoms with E-state index in [1.165, 1.54) is 141 Å². The van der Waals surface area contributed by atoms with Gasteiger partial charge in [-0.2, -0.15) is 8.42 Å². The van der Waals surface area contributed by atoms with Gasteiger partial charge in [0.15, 0.2) is 0 Å². The van der Waals surface area contributed by atoms with Gasteiger partial charge in [-0.15, -0.1) is 0 Å². The molecule has 0 aromatic carbocycles. The van der Waals surface area contributed by atoms with Crippen LogP contribution in [0.2, 0.25) is 0 Å². The minimum Gasteiger partial charge on any atom is -0.549 e. The Labute approximate surface area is 333 Å². The van der Waals surface area contributed by atoms with E-state index in [9.17, 15) is 32.8 Å². The van der Waals surface area contributed by atoms with Crippen LogP contribution in [0.1, 0.15) is 232 Å². The van der Waals surface area contributed by atoms with E-state index in [-0.39, 0.29) is 50.6 Å². The molecule has 50 heavy (non-hydrogen) atoms. The summed E-state index contributed by atoms with van der Waals surface area (Å²) < 4.78 is 34.0. The first-order chi connectivity index (χ1) is 23.1. The van der Waals surface area contributed by atoms with Crippen LogP contribution in [0.15, 0.2) is 0 Å². The van der Waals surface area contributed by atoms with Crippen molar-refractivity contribution >= 4 is 22.1 Å². The third kappa shape index (κ3) is 29.5. The number of carboxylic acids is 2. The van der Waals surface area contributed by atoms with Crippen LogP contribution < -0.4 is 47.9 Å². The van der Waals surface area contributed by atoms with E-state index in [1.54, 1.807) is 0 Å². The van der Waals surface area contributed by atoms with Gasteiger partial charge in [-0.1, -0.05) is 219 Å². The van der Waals surface area contributed by atoms with Crippen LogP contribution in [0.3, 0.4) is 0 Å². The van der Waals surface area contributed by atoms with Gasteiger partial charge in [0.1, 0.15) is 5.25 Å². The first-order valence-corrected chi connectivity index (χ1v) is 22.0. The number of carboxylic acid groups (broad SMARTS) is 2. The van der Waals surface area contributed by atoms with Crippen molar-refractivity contribution in [1.82, 2.24) is 0 Å². The number of carbonyl (C=O) groups is 2. The predicted molar refractivity (Wildman–Crippen MR) is 196 cm³/mol. The van der Waals surface area contributed by atoms with Crippen molar-refractivity contribution in [3.8, 4) is 0 Å². The molecule has 10 heteroatoms. The molecule has 0 aromatic heterocycles. The van der Waals surface area contributed by atoms with E-state index in [0.717, 1.165) is 38.5 Å². The van der Waals surface area contributed by atoms with Gasteiger partial charge in [0.2, 0.25) is 0 Å². The van der Waals surface area contributed by atoms with Gasteiger partial charge in [-0.25, -0.2) is 0 Å². The molecule has 286 valence electrons. The van der Waals surface area contributed by atoms with Crippen LogP contribution in [0.25, 0.3) is 0 Å². The minimum atomic E-state index is -5.19. The first kappa shape index (κ1) is 54.4. The molecule has 1 unspecified atom stereocenters. The topological polar surface area (TPSA) is 135 Å². The summed E-state index contributed by atoms with van der Waals surface area (Å²) in [5.74, 6) is -3.80. The van der Waals surface area contributed by atoms with Crippen molar-refractivity contribution < 1.29 is 70.5 Å². The van der Waals surface area contributed by atoms with Crippen LogP contribution >= 0.6 is 0 Å². The Hall–Kier alpha value is 0.0448. The smallest absolute Gasteiger partial charge is 0.549 e. The SMILES string of the molecule is CCCCCCCCCCCCCCCCCCC(CCCCCCCCCCCCCCCCCC)(C(=O)[O-])C(C(=O)[O-])S(=O)(=O)O.[Li+].[Li+]. The van der Waals surface area contributed by atoms with Gasteiger partial charge >= 0.3 is 37.7 Å². The fourth-order valence-electron chi connectivity index (χ4n) is 7.31. The maximum atomic E-state index is 12.4. The van der Waals surface area contributed by atoms with Crippen molar-refractivity contribution in [2.75, 3.05) is 0 Å². The second-order valence-corrected chi connectivity index (χ2v) is 16.3. The molecule has 0 aromatic rings. The summed E-state index contributed by atoms with van der Waals surface area (Å²) >= 11 is 0. The van der Waals surface area contributed by atoms with E-state index >= 15 is 0 Å². The number of hydrogen-bond acceptors (Lipinski definition) is 6. The normalized spacial score (nSPS) is 12.3. The zero-order chi connectivity index (χ0) is 35.8. The molecular formula is C40H76Li2O7S. The zero-order valence-electron chi connectivity index (χ0n) is 33.4. The van der Waals surface area contributed by atoms with Crippen LogP contribution in [-0.4, -0.2) is 30.2 Å². The van der Waals surface area contributed by atoms with Crippen LogP contribution in [-0.2, 0) is 19.7 Å². The quantitative estimate of drug-likeness (QED) is 0.0580. The molecule has 0 saturated heterocycles. The molecule has 0 aliphatic rings. The summed E-state index contributed by atoms with van der Waals surface area (Å²) in [6.45, 7) is 4.49. The second kappa shape index (κ2) is 37.4. The molecular weight excluding hydrogens is 638 g/mol. The number of carbonyl (C=O) groups excluding carboxylic acids is 2. The molecule has 0 amide bonds. The Bertz CT molecular complexity index is 834. The molecule has 0 aliphatic carbocycles. The van der Waals surface area contributed by atoms with E-state index < -0.39 is 32.7 Å². The van der Waals surface area contributed by atoms with Gasteiger partial charge < -0.3 is 19.8 Å². The van der Waals surface area contributed by atoms with E-state index in [2.05, 4.69) is 13.8 Å². The van der Waals surface area contributed by atoms with Gasteiger partial charge in [-0.05, 0) is 12.8 Å². The van der Waals surface area contributed by atoms with E-state index in [4.69, 9.17) is 0 Å². The van der Waals surface area contributed by atoms with Crippen molar-refractivity contribution in [3.63, 3.8) is 0 Å². The number of rotatable bonds is 38. The second-order valence-electron chi connectivity index (χ2n) is 14.8. The van der Waals surface area contributed by atoms with Crippen molar-refractivity contribution in [3.05, 3.63) is 0 Å². The average molecular weight is 715 g/mol. The maximum absolute atomic E-state index is 12.4. The van der Waals surface area contributed by atoms with Crippen LogP contribution in [0, 0.1) is 5.41 Å². The fraction of sp³-hybridized carbons (Fsp3) is 0.950. The average Bonchev–Trinajstić information content (AvgIpc) is 3.03. The Balaban J connectivity index is -0.0000110. The Morgan fingerprint density at radius 1 is 0.460 bits per heavy atom. The molecule has 1 N–H and O–H groups in total. The van der Waals surface area contributed by atoms with Gasteiger partial charge in [0.25, 0.3) is 10.1 Å². The van der Waals surface area contributed by atoms with Crippen molar-refractivity contribution in [1.29, 1.82) is 0 Å². The number of unbranched alkanes of at least 4 members (excludes halogenated alkanes) is 30. The summed E-state index contributed by atoms with van der Waals surface area (Å²) in [6, 6.07) is 0. The largest absolute Gasteiger partial charge is 1.00 e. The summed E-state index contributed by atoms with van der Waals surface area (Å²) in [4.78, 5) is 24.3. The Kier molecular flexibility index (Phi) is 40.6. The van der Waals surface area contributed by atoms with Gasteiger partial charge in [0, 0.05) is 11.4 Å². The molecule has 1 atom stereocenters. The standard InChI is InChI=1S/C40H78O7S.2Li/c1-3-5-7-9-11-13-15-17-19-21-23-25-27-29-31-33-35-40(39(43)44,37(38(41)42)48(45,46)47)36-34-32-30-28-26-24-22-20-18-16-14-12-10-8-6-4-2;;/h37H,3-36H2,1-2H3,(H,41,42)(H,43,44)(H,45,46,47);;/q;2*+1/p-2. The molecule has 0 bridgehead atoms. The minimum absolute atomic E-state index is 0. The molecule has 0 fully saturated rings. The monoisotopic (exact) mass is 715 g/mol. The van der Waals surface area contributed by atoms with Crippen molar-refractivity contribution in [2.24, 2.45) is 5.41 Å². The molecule has 0 heterocycles. The fourth-order valence-corrected chi connectivity index (χ4v) is 8.45. The molecule has 0 radical (unpaired) electrons. The van der Waals surface area contributed by atoms with Gasteiger partial charge in [-0.3, -0.25) is 4.55 Å². The van der Waals surface area contributed by atoms with Gasteiger partial charge in [0.05, 0.1) is 5.97 Å². The summed E-state index contributed by atoms with van der Waals surface area (Å²) in [5.41, 5.74) is -2.20. The summed E-state index contributed by atoms with van der Waals surface area (Å²) in [7, 11) is -5.19. The third-order valence-corrected chi connectivity index (χ3v) is 11.6. The molecule has 7 nitrogen and oxygen atoms in total.